The molecule has 0 aliphatic carbocycles. The molecule has 0 saturated carbocycles. The highest BCUT2D eigenvalue weighted by Crippen LogP contribution is 2.19. The predicted octanol–water partition coefficient (Wildman–Crippen LogP) is 1.15. The van der Waals surface area contributed by atoms with Crippen molar-refractivity contribution < 1.29 is 5.11 Å². The van der Waals surface area contributed by atoms with E-state index >= 15 is 0 Å². The van der Waals surface area contributed by atoms with Crippen LogP contribution in [-0.2, 0) is 7.05 Å². The SMILES string of the molecule is Cn1cc(-c2ccc(O)cc2)cnc1=O. The molecule has 0 spiro atoms. The van der Waals surface area contributed by atoms with Crippen molar-refractivity contribution in [2.24, 2.45) is 7.05 Å². The quantitative estimate of drug-likeness (QED) is 0.754. The number of rotatable bonds is 1. The molecule has 15 heavy (non-hydrogen) atoms. The zero-order valence-electron chi connectivity index (χ0n) is 8.21. The van der Waals surface area contributed by atoms with Crippen LogP contribution in [0.25, 0.3) is 11.1 Å². The lowest BCUT2D eigenvalue weighted by atomic mass is 10.1. The zero-order valence-corrected chi connectivity index (χ0v) is 8.21. The highest BCUT2D eigenvalue weighted by molar-refractivity contribution is 5.62. The minimum atomic E-state index is -0.280. The molecule has 1 aromatic heterocycles. The Hall–Kier alpha value is -2.10. The summed E-state index contributed by atoms with van der Waals surface area (Å²) in [6, 6.07) is 6.74. The van der Waals surface area contributed by atoms with Crippen LogP contribution in [-0.4, -0.2) is 14.7 Å². The van der Waals surface area contributed by atoms with Gasteiger partial charge in [0.1, 0.15) is 5.75 Å². The van der Waals surface area contributed by atoms with Gasteiger partial charge >= 0.3 is 5.69 Å². The van der Waals surface area contributed by atoms with E-state index in [-0.39, 0.29) is 11.4 Å². The summed E-state index contributed by atoms with van der Waals surface area (Å²) in [5.41, 5.74) is 1.48. The Labute approximate surface area is 86.5 Å². The molecule has 4 nitrogen and oxygen atoms in total. The third-order valence-electron chi connectivity index (χ3n) is 2.15. The molecule has 0 radical (unpaired) electrons. The van der Waals surface area contributed by atoms with Gasteiger partial charge in [0, 0.05) is 25.0 Å². The summed E-state index contributed by atoms with van der Waals surface area (Å²) in [7, 11) is 1.65. The van der Waals surface area contributed by atoms with E-state index in [1.807, 2.05) is 0 Å². The first-order valence-electron chi connectivity index (χ1n) is 4.49. The number of aromatic nitrogens is 2. The molecule has 0 bridgehead atoms. The van der Waals surface area contributed by atoms with Gasteiger partial charge < -0.3 is 9.67 Å². The fourth-order valence-electron chi connectivity index (χ4n) is 1.32. The monoisotopic (exact) mass is 202 g/mol. The minimum absolute atomic E-state index is 0.219. The number of phenolic OH excluding ortho intramolecular Hbond substituents is 1. The zero-order chi connectivity index (χ0) is 10.8. The van der Waals surface area contributed by atoms with Crippen molar-refractivity contribution in [2.75, 3.05) is 0 Å². The molecule has 0 amide bonds. The van der Waals surface area contributed by atoms with Gasteiger partial charge in [0.2, 0.25) is 0 Å². The number of phenols is 1. The van der Waals surface area contributed by atoms with Crippen molar-refractivity contribution in [3.63, 3.8) is 0 Å². The Balaban J connectivity index is 2.50. The Kier molecular flexibility index (Phi) is 2.25. The smallest absolute Gasteiger partial charge is 0.347 e. The molecular formula is C11H10N2O2. The van der Waals surface area contributed by atoms with Crippen LogP contribution in [0.2, 0.25) is 0 Å². The molecular weight excluding hydrogens is 192 g/mol. The molecule has 2 rings (SSSR count). The molecule has 4 heteroatoms. The van der Waals surface area contributed by atoms with Crippen LogP contribution in [0.3, 0.4) is 0 Å². The van der Waals surface area contributed by atoms with Gasteiger partial charge in [-0.2, -0.15) is 0 Å². The number of aryl methyl sites for hydroxylation is 1. The van der Waals surface area contributed by atoms with Gasteiger partial charge in [-0.25, -0.2) is 9.78 Å². The summed E-state index contributed by atoms with van der Waals surface area (Å²) >= 11 is 0. The Bertz CT molecular complexity index is 529. The molecule has 0 atom stereocenters. The van der Waals surface area contributed by atoms with Crippen LogP contribution in [0.4, 0.5) is 0 Å². The summed E-state index contributed by atoms with van der Waals surface area (Å²) in [5, 5.41) is 9.13. The second-order valence-corrected chi connectivity index (χ2v) is 3.28. The lowest BCUT2D eigenvalue weighted by Crippen LogP contribution is -2.18. The van der Waals surface area contributed by atoms with E-state index in [1.54, 1.807) is 37.5 Å². The van der Waals surface area contributed by atoms with Gasteiger partial charge in [-0.15, -0.1) is 0 Å². The molecule has 1 aromatic carbocycles. The van der Waals surface area contributed by atoms with E-state index in [1.165, 1.54) is 10.8 Å². The maximum atomic E-state index is 11.1. The molecule has 2 aromatic rings. The van der Waals surface area contributed by atoms with Crippen molar-refractivity contribution in [1.29, 1.82) is 0 Å². The largest absolute Gasteiger partial charge is 0.508 e. The first-order valence-corrected chi connectivity index (χ1v) is 4.49. The summed E-state index contributed by atoms with van der Waals surface area (Å²) < 4.78 is 1.42. The molecule has 0 fully saturated rings. The lowest BCUT2D eigenvalue weighted by Gasteiger charge is -2.02. The van der Waals surface area contributed by atoms with Gasteiger partial charge in [0.25, 0.3) is 0 Å². The van der Waals surface area contributed by atoms with E-state index < -0.39 is 0 Å². The fourth-order valence-corrected chi connectivity index (χ4v) is 1.32. The van der Waals surface area contributed by atoms with E-state index in [2.05, 4.69) is 4.98 Å². The summed E-state index contributed by atoms with van der Waals surface area (Å²) in [6.45, 7) is 0. The van der Waals surface area contributed by atoms with E-state index in [0.29, 0.717) is 0 Å². The van der Waals surface area contributed by atoms with Crippen LogP contribution < -0.4 is 5.69 Å². The highest BCUT2D eigenvalue weighted by atomic mass is 16.3. The summed E-state index contributed by atoms with van der Waals surface area (Å²) in [6.07, 6.45) is 3.23. The number of nitrogens with zero attached hydrogens (tertiary/aromatic N) is 2. The molecule has 0 aliphatic rings. The summed E-state index contributed by atoms with van der Waals surface area (Å²) in [5.74, 6) is 0.219. The highest BCUT2D eigenvalue weighted by Gasteiger charge is 1.99. The van der Waals surface area contributed by atoms with Crippen molar-refractivity contribution in [3.05, 3.63) is 47.1 Å². The van der Waals surface area contributed by atoms with Crippen LogP contribution in [0.15, 0.2) is 41.5 Å². The van der Waals surface area contributed by atoms with Gasteiger partial charge in [0.05, 0.1) is 0 Å². The van der Waals surface area contributed by atoms with E-state index in [0.717, 1.165) is 11.1 Å². The third kappa shape index (κ3) is 1.88. The Morgan fingerprint density at radius 2 is 1.87 bits per heavy atom. The minimum Gasteiger partial charge on any atom is -0.508 e. The molecule has 0 saturated heterocycles. The van der Waals surface area contributed by atoms with E-state index in [4.69, 9.17) is 5.11 Å². The number of aromatic hydroxyl groups is 1. The first-order chi connectivity index (χ1) is 7.16. The fraction of sp³-hybridized carbons (Fsp3) is 0.0909. The molecule has 76 valence electrons. The Morgan fingerprint density at radius 3 is 2.47 bits per heavy atom. The maximum Gasteiger partial charge on any atom is 0.347 e. The van der Waals surface area contributed by atoms with Gasteiger partial charge in [0.15, 0.2) is 0 Å². The maximum absolute atomic E-state index is 11.1. The van der Waals surface area contributed by atoms with Crippen LogP contribution in [0.1, 0.15) is 0 Å². The standard InChI is InChI=1S/C11H10N2O2/c1-13-7-9(6-12-11(13)15)8-2-4-10(14)5-3-8/h2-7,14H,1H3. The van der Waals surface area contributed by atoms with Crippen molar-refractivity contribution in [2.45, 2.75) is 0 Å². The normalized spacial score (nSPS) is 10.2. The topological polar surface area (TPSA) is 55.1 Å². The molecule has 0 aliphatic heterocycles. The average Bonchev–Trinajstić information content (AvgIpc) is 2.23. The van der Waals surface area contributed by atoms with Gasteiger partial charge in [-0.1, -0.05) is 12.1 Å². The van der Waals surface area contributed by atoms with Gasteiger partial charge in [-0.05, 0) is 17.7 Å². The third-order valence-corrected chi connectivity index (χ3v) is 2.15. The molecule has 1 N–H and O–H groups in total. The molecule has 1 heterocycles. The predicted molar refractivity (Wildman–Crippen MR) is 56.6 cm³/mol. The van der Waals surface area contributed by atoms with Gasteiger partial charge in [-0.3, -0.25) is 0 Å². The molecule has 0 unspecified atom stereocenters. The van der Waals surface area contributed by atoms with Crippen molar-refractivity contribution >= 4 is 0 Å². The number of hydrogen-bond acceptors (Lipinski definition) is 3. The van der Waals surface area contributed by atoms with Crippen molar-refractivity contribution in [1.82, 2.24) is 9.55 Å². The van der Waals surface area contributed by atoms with Crippen LogP contribution >= 0.6 is 0 Å². The van der Waals surface area contributed by atoms with Crippen LogP contribution in [0.5, 0.6) is 5.75 Å². The average molecular weight is 202 g/mol. The first kappa shape index (κ1) is 9.45. The summed E-state index contributed by atoms with van der Waals surface area (Å²) in [4.78, 5) is 14.8. The number of hydrogen-bond donors (Lipinski definition) is 1. The van der Waals surface area contributed by atoms with Crippen molar-refractivity contribution in [3.8, 4) is 16.9 Å². The number of benzene rings is 1. The second kappa shape index (κ2) is 3.57. The second-order valence-electron chi connectivity index (χ2n) is 3.28. The van der Waals surface area contributed by atoms with Crippen LogP contribution in [0, 0.1) is 0 Å². The van der Waals surface area contributed by atoms with E-state index in [9.17, 15) is 4.79 Å². The Morgan fingerprint density at radius 1 is 1.20 bits per heavy atom. The lowest BCUT2D eigenvalue weighted by molar-refractivity contribution is 0.475.